The highest BCUT2D eigenvalue weighted by molar-refractivity contribution is 8.00. The lowest BCUT2D eigenvalue weighted by Crippen LogP contribution is -2.13. The van der Waals surface area contributed by atoms with Gasteiger partial charge in [-0.05, 0) is 48.5 Å². The van der Waals surface area contributed by atoms with Crippen LogP contribution >= 0.6 is 11.8 Å². The van der Waals surface area contributed by atoms with Crippen LogP contribution in [0, 0.1) is 0 Å². The van der Waals surface area contributed by atoms with Crippen LogP contribution in [0.1, 0.15) is 0 Å². The third kappa shape index (κ3) is 4.89. The van der Waals surface area contributed by atoms with E-state index < -0.39 is 0 Å². The summed E-state index contributed by atoms with van der Waals surface area (Å²) in [4.78, 5) is 13.1. The summed E-state index contributed by atoms with van der Waals surface area (Å²) >= 11 is 1.52. The smallest absolute Gasteiger partial charge is 0.234 e. The Morgan fingerprint density at radius 3 is 2.04 bits per heavy atom. The molecular formula is C20H17NO2S. The summed E-state index contributed by atoms with van der Waals surface area (Å²) < 4.78 is 5.73. The summed E-state index contributed by atoms with van der Waals surface area (Å²) in [5.41, 5.74) is 0.758. The van der Waals surface area contributed by atoms with E-state index in [4.69, 9.17) is 4.74 Å². The molecule has 0 aliphatic carbocycles. The van der Waals surface area contributed by atoms with E-state index in [0.29, 0.717) is 5.75 Å². The number of carbonyl (C=O) groups is 1. The number of hydrogen-bond acceptors (Lipinski definition) is 3. The van der Waals surface area contributed by atoms with Crippen LogP contribution in [0.2, 0.25) is 0 Å². The first-order valence-corrected chi connectivity index (χ1v) is 8.59. The summed E-state index contributed by atoms with van der Waals surface area (Å²) in [7, 11) is 0. The van der Waals surface area contributed by atoms with Gasteiger partial charge in [-0.25, -0.2) is 0 Å². The van der Waals surface area contributed by atoms with Gasteiger partial charge in [0.1, 0.15) is 11.5 Å². The second kappa shape index (κ2) is 8.22. The molecular weight excluding hydrogens is 318 g/mol. The van der Waals surface area contributed by atoms with Gasteiger partial charge in [-0.3, -0.25) is 4.79 Å². The first-order chi connectivity index (χ1) is 11.8. The van der Waals surface area contributed by atoms with Crippen molar-refractivity contribution >= 4 is 23.4 Å². The number of thioether (sulfide) groups is 1. The van der Waals surface area contributed by atoms with E-state index in [9.17, 15) is 4.79 Å². The zero-order valence-corrected chi connectivity index (χ0v) is 13.8. The van der Waals surface area contributed by atoms with Gasteiger partial charge in [0.2, 0.25) is 5.91 Å². The standard InChI is InChI=1S/C20H17NO2S/c22-20(15-24-19-9-5-2-6-10-19)21-16-11-13-18(14-12-16)23-17-7-3-1-4-8-17/h1-14H,15H2,(H,21,22). The van der Waals surface area contributed by atoms with Crippen LogP contribution in [0.3, 0.4) is 0 Å². The zero-order chi connectivity index (χ0) is 16.6. The van der Waals surface area contributed by atoms with E-state index in [1.807, 2.05) is 84.9 Å². The Morgan fingerprint density at radius 2 is 1.38 bits per heavy atom. The van der Waals surface area contributed by atoms with E-state index in [1.54, 1.807) is 0 Å². The molecule has 0 fully saturated rings. The summed E-state index contributed by atoms with van der Waals surface area (Å²) in [6.45, 7) is 0. The lowest BCUT2D eigenvalue weighted by atomic mass is 10.3. The Bertz CT molecular complexity index is 774. The maximum absolute atomic E-state index is 12.0. The number of rotatable bonds is 6. The molecule has 0 aromatic heterocycles. The molecule has 1 amide bonds. The summed E-state index contributed by atoms with van der Waals surface area (Å²) in [6.07, 6.45) is 0. The molecule has 1 N–H and O–H groups in total. The highest BCUT2D eigenvalue weighted by atomic mass is 32.2. The van der Waals surface area contributed by atoms with Crippen molar-refractivity contribution in [1.29, 1.82) is 0 Å². The fraction of sp³-hybridized carbons (Fsp3) is 0.0500. The van der Waals surface area contributed by atoms with Crippen molar-refractivity contribution in [2.75, 3.05) is 11.1 Å². The second-order valence-corrected chi connectivity index (χ2v) is 6.14. The highest BCUT2D eigenvalue weighted by Crippen LogP contribution is 2.23. The molecule has 3 nitrogen and oxygen atoms in total. The Morgan fingerprint density at radius 1 is 0.792 bits per heavy atom. The average Bonchev–Trinajstić information content (AvgIpc) is 2.63. The minimum Gasteiger partial charge on any atom is -0.457 e. The molecule has 0 aliphatic heterocycles. The largest absolute Gasteiger partial charge is 0.457 e. The molecule has 0 aliphatic rings. The number of amides is 1. The Labute approximate surface area is 145 Å². The normalized spacial score (nSPS) is 10.2. The number of para-hydroxylation sites is 1. The lowest BCUT2D eigenvalue weighted by Gasteiger charge is -2.08. The average molecular weight is 335 g/mol. The van der Waals surface area contributed by atoms with E-state index in [0.717, 1.165) is 22.1 Å². The molecule has 0 saturated heterocycles. The number of carbonyl (C=O) groups excluding carboxylic acids is 1. The van der Waals surface area contributed by atoms with Gasteiger partial charge in [-0.15, -0.1) is 11.8 Å². The summed E-state index contributed by atoms with van der Waals surface area (Å²) in [5.74, 6) is 1.87. The fourth-order valence-electron chi connectivity index (χ4n) is 2.09. The molecule has 3 aromatic carbocycles. The van der Waals surface area contributed by atoms with Gasteiger partial charge in [0.15, 0.2) is 0 Å². The van der Waals surface area contributed by atoms with Crippen molar-refractivity contribution in [3.05, 3.63) is 84.9 Å². The quantitative estimate of drug-likeness (QED) is 0.628. The number of hydrogen-bond donors (Lipinski definition) is 1. The molecule has 0 bridgehead atoms. The van der Waals surface area contributed by atoms with Gasteiger partial charge in [0, 0.05) is 10.6 Å². The van der Waals surface area contributed by atoms with Crippen LogP contribution < -0.4 is 10.1 Å². The fourth-order valence-corrected chi connectivity index (χ4v) is 2.81. The van der Waals surface area contributed by atoms with E-state index in [-0.39, 0.29) is 5.91 Å². The van der Waals surface area contributed by atoms with Crippen LogP contribution in [0.15, 0.2) is 89.8 Å². The predicted octanol–water partition coefficient (Wildman–Crippen LogP) is 5.21. The molecule has 0 saturated carbocycles. The Hall–Kier alpha value is -2.72. The topological polar surface area (TPSA) is 38.3 Å². The number of ether oxygens (including phenoxy) is 1. The number of nitrogens with one attached hydrogen (secondary N) is 1. The van der Waals surface area contributed by atoms with Gasteiger partial charge in [-0.2, -0.15) is 0 Å². The Balaban J connectivity index is 1.51. The van der Waals surface area contributed by atoms with Crippen LogP contribution in [-0.4, -0.2) is 11.7 Å². The molecule has 3 aromatic rings. The second-order valence-electron chi connectivity index (χ2n) is 5.09. The molecule has 0 spiro atoms. The van der Waals surface area contributed by atoms with Crippen LogP contribution in [-0.2, 0) is 4.79 Å². The maximum atomic E-state index is 12.0. The number of anilines is 1. The minimum atomic E-state index is -0.0272. The zero-order valence-electron chi connectivity index (χ0n) is 13.0. The molecule has 4 heteroatoms. The molecule has 0 heterocycles. The first kappa shape index (κ1) is 16.1. The van der Waals surface area contributed by atoms with Crippen molar-refractivity contribution in [2.24, 2.45) is 0 Å². The van der Waals surface area contributed by atoms with Crippen molar-refractivity contribution in [3.8, 4) is 11.5 Å². The van der Waals surface area contributed by atoms with E-state index in [2.05, 4.69) is 5.32 Å². The minimum absolute atomic E-state index is 0.0272. The van der Waals surface area contributed by atoms with Crippen molar-refractivity contribution in [2.45, 2.75) is 4.90 Å². The van der Waals surface area contributed by atoms with Crippen molar-refractivity contribution < 1.29 is 9.53 Å². The van der Waals surface area contributed by atoms with E-state index >= 15 is 0 Å². The first-order valence-electron chi connectivity index (χ1n) is 7.60. The maximum Gasteiger partial charge on any atom is 0.234 e. The molecule has 24 heavy (non-hydrogen) atoms. The third-order valence-electron chi connectivity index (χ3n) is 3.23. The summed E-state index contributed by atoms with van der Waals surface area (Å²) in [5, 5.41) is 2.89. The molecule has 0 radical (unpaired) electrons. The van der Waals surface area contributed by atoms with Crippen molar-refractivity contribution in [1.82, 2.24) is 0 Å². The third-order valence-corrected chi connectivity index (χ3v) is 4.24. The van der Waals surface area contributed by atoms with E-state index in [1.165, 1.54) is 11.8 Å². The number of benzene rings is 3. The molecule has 0 unspecified atom stereocenters. The van der Waals surface area contributed by atoms with Gasteiger partial charge in [0.05, 0.1) is 5.75 Å². The van der Waals surface area contributed by atoms with Gasteiger partial charge in [0.25, 0.3) is 0 Å². The Kier molecular flexibility index (Phi) is 5.53. The molecule has 120 valence electrons. The predicted molar refractivity (Wildman–Crippen MR) is 98.8 cm³/mol. The van der Waals surface area contributed by atoms with Crippen LogP contribution in [0.25, 0.3) is 0 Å². The van der Waals surface area contributed by atoms with Gasteiger partial charge >= 0.3 is 0 Å². The molecule has 3 rings (SSSR count). The monoisotopic (exact) mass is 335 g/mol. The summed E-state index contributed by atoms with van der Waals surface area (Å²) in [6, 6.07) is 26.8. The lowest BCUT2D eigenvalue weighted by molar-refractivity contribution is -0.113. The van der Waals surface area contributed by atoms with Crippen LogP contribution in [0.5, 0.6) is 11.5 Å². The van der Waals surface area contributed by atoms with Crippen LogP contribution in [0.4, 0.5) is 5.69 Å². The van der Waals surface area contributed by atoms with Crippen molar-refractivity contribution in [3.63, 3.8) is 0 Å². The van der Waals surface area contributed by atoms with Gasteiger partial charge in [-0.1, -0.05) is 36.4 Å². The SMILES string of the molecule is O=C(CSc1ccccc1)Nc1ccc(Oc2ccccc2)cc1. The molecule has 0 atom stereocenters. The van der Waals surface area contributed by atoms with Gasteiger partial charge < -0.3 is 10.1 Å². The highest BCUT2D eigenvalue weighted by Gasteiger charge is 2.04.